The molecule has 0 amide bonds. The molecule has 0 saturated carbocycles. The Morgan fingerprint density at radius 3 is 3.04 bits per heavy atom. The summed E-state index contributed by atoms with van der Waals surface area (Å²) in [5, 5.41) is 7.73. The van der Waals surface area contributed by atoms with E-state index in [1.165, 1.54) is 30.6 Å². The van der Waals surface area contributed by atoms with Gasteiger partial charge in [0, 0.05) is 18.2 Å². The van der Waals surface area contributed by atoms with Crippen molar-refractivity contribution in [3.05, 3.63) is 46.5 Å². The zero-order valence-corrected chi connectivity index (χ0v) is 14.3. The average molecular weight is 329 g/mol. The van der Waals surface area contributed by atoms with Gasteiger partial charge in [0.1, 0.15) is 0 Å². The summed E-state index contributed by atoms with van der Waals surface area (Å²) < 4.78 is 0. The van der Waals surface area contributed by atoms with Crippen LogP contribution in [-0.2, 0) is 0 Å². The molecule has 3 rings (SSSR count). The quantitative estimate of drug-likeness (QED) is 0.795. The third-order valence-corrected chi connectivity index (χ3v) is 5.25. The van der Waals surface area contributed by atoms with Crippen LogP contribution < -0.4 is 10.6 Å². The smallest absolute Gasteiger partial charge is 0.204 e. The van der Waals surface area contributed by atoms with Crippen molar-refractivity contribution in [3.8, 4) is 0 Å². The van der Waals surface area contributed by atoms with Crippen LogP contribution in [0.5, 0.6) is 0 Å². The zero-order chi connectivity index (χ0) is 16.1. The number of thiazole rings is 1. The minimum atomic E-state index is 0.0580. The number of nitrogens with zero attached hydrogens (tertiary/aromatic N) is 1. The molecule has 0 bridgehead atoms. The van der Waals surface area contributed by atoms with Crippen LogP contribution in [0.4, 0.5) is 5.13 Å². The van der Waals surface area contributed by atoms with Gasteiger partial charge >= 0.3 is 0 Å². The fourth-order valence-electron chi connectivity index (χ4n) is 2.94. The van der Waals surface area contributed by atoms with Crippen molar-refractivity contribution in [3.63, 3.8) is 0 Å². The van der Waals surface area contributed by atoms with Gasteiger partial charge in [-0.15, -0.1) is 0 Å². The van der Waals surface area contributed by atoms with Crippen LogP contribution in [0.15, 0.2) is 30.5 Å². The van der Waals surface area contributed by atoms with Gasteiger partial charge < -0.3 is 10.6 Å². The van der Waals surface area contributed by atoms with Crippen LogP contribution >= 0.6 is 11.3 Å². The van der Waals surface area contributed by atoms with E-state index in [2.05, 4.69) is 15.6 Å². The Labute approximate surface area is 141 Å². The molecule has 2 aromatic rings. The molecule has 1 unspecified atom stereocenters. The number of rotatable bonds is 6. The Balaban J connectivity index is 1.55. The fraction of sp³-hybridized carbons (Fsp3) is 0.444. The maximum absolute atomic E-state index is 12.5. The third-order valence-electron chi connectivity index (χ3n) is 4.30. The molecule has 1 atom stereocenters. The second-order valence-corrected chi connectivity index (χ2v) is 7.07. The number of anilines is 1. The van der Waals surface area contributed by atoms with Crippen molar-refractivity contribution in [2.75, 3.05) is 18.4 Å². The minimum Gasteiger partial charge on any atom is -0.361 e. The standard InChI is InChI=1S/C18H23N3OS/c1-13-6-2-3-8-15(13)17(22)16-12-21-18(23-16)20-11-9-14-7-4-5-10-19-14/h2-3,6,8,12,14,19H,4-5,7,9-11H2,1H3,(H,20,21). The summed E-state index contributed by atoms with van der Waals surface area (Å²) in [5.74, 6) is 0.0580. The van der Waals surface area contributed by atoms with Crippen molar-refractivity contribution in [2.24, 2.45) is 0 Å². The monoisotopic (exact) mass is 329 g/mol. The highest BCUT2D eigenvalue weighted by atomic mass is 32.1. The molecule has 0 aliphatic carbocycles. The van der Waals surface area contributed by atoms with E-state index in [9.17, 15) is 4.79 Å². The average Bonchev–Trinajstić information content (AvgIpc) is 3.05. The highest BCUT2D eigenvalue weighted by Crippen LogP contribution is 2.22. The summed E-state index contributed by atoms with van der Waals surface area (Å²) >= 11 is 1.44. The summed E-state index contributed by atoms with van der Waals surface area (Å²) in [6, 6.07) is 8.30. The predicted molar refractivity (Wildman–Crippen MR) is 95.5 cm³/mol. The molecule has 1 saturated heterocycles. The largest absolute Gasteiger partial charge is 0.361 e. The molecule has 1 aliphatic heterocycles. The summed E-state index contributed by atoms with van der Waals surface area (Å²) in [4.78, 5) is 17.6. The Morgan fingerprint density at radius 2 is 2.26 bits per heavy atom. The Bertz CT molecular complexity index is 662. The molecule has 1 fully saturated rings. The summed E-state index contributed by atoms with van der Waals surface area (Å²) in [6.45, 7) is 3.99. The SMILES string of the molecule is Cc1ccccc1C(=O)c1cnc(NCCC2CCCCN2)s1. The van der Waals surface area contributed by atoms with Crippen molar-refractivity contribution >= 4 is 22.3 Å². The maximum Gasteiger partial charge on any atom is 0.204 e. The van der Waals surface area contributed by atoms with E-state index >= 15 is 0 Å². The van der Waals surface area contributed by atoms with E-state index in [1.54, 1.807) is 6.20 Å². The molecule has 122 valence electrons. The number of carbonyl (C=O) groups excluding carboxylic acids is 1. The first-order valence-electron chi connectivity index (χ1n) is 8.27. The van der Waals surface area contributed by atoms with E-state index in [4.69, 9.17) is 0 Å². The fourth-order valence-corrected chi connectivity index (χ4v) is 3.74. The molecule has 4 nitrogen and oxygen atoms in total. The molecule has 0 spiro atoms. The molecule has 2 N–H and O–H groups in total. The molecular formula is C18H23N3OS. The first-order chi connectivity index (χ1) is 11.2. The van der Waals surface area contributed by atoms with Gasteiger partial charge in [0.25, 0.3) is 0 Å². The Hall–Kier alpha value is -1.72. The predicted octanol–water partition coefficient (Wildman–Crippen LogP) is 3.63. The zero-order valence-electron chi connectivity index (χ0n) is 13.5. The van der Waals surface area contributed by atoms with Gasteiger partial charge in [-0.25, -0.2) is 4.98 Å². The van der Waals surface area contributed by atoms with Gasteiger partial charge in [-0.05, 0) is 38.3 Å². The van der Waals surface area contributed by atoms with Gasteiger partial charge in [0.05, 0.1) is 11.1 Å². The van der Waals surface area contributed by atoms with Crippen LogP contribution in [0.3, 0.4) is 0 Å². The van der Waals surface area contributed by atoms with Crippen molar-refractivity contribution in [2.45, 2.75) is 38.6 Å². The molecule has 23 heavy (non-hydrogen) atoms. The molecule has 1 aromatic heterocycles. The van der Waals surface area contributed by atoms with Gasteiger partial charge in [0.2, 0.25) is 5.78 Å². The highest BCUT2D eigenvalue weighted by molar-refractivity contribution is 7.17. The topological polar surface area (TPSA) is 54.0 Å². The number of aromatic nitrogens is 1. The lowest BCUT2D eigenvalue weighted by molar-refractivity contribution is 0.104. The number of hydrogen-bond donors (Lipinski definition) is 2. The van der Waals surface area contributed by atoms with Crippen LogP contribution in [-0.4, -0.2) is 29.9 Å². The van der Waals surface area contributed by atoms with E-state index in [1.807, 2.05) is 31.2 Å². The van der Waals surface area contributed by atoms with Crippen LogP contribution in [0.1, 0.15) is 46.5 Å². The molecule has 2 heterocycles. The highest BCUT2D eigenvalue weighted by Gasteiger charge is 2.15. The van der Waals surface area contributed by atoms with E-state index in [0.717, 1.165) is 35.8 Å². The number of piperidine rings is 1. The summed E-state index contributed by atoms with van der Waals surface area (Å²) in [7, 11) is 0. The number of nitrogens with one attached hydrogen (secondary N) is 2. The maximum atomic E-state index is 12.5. The van der Waals surface area contributed by atoms with E-state index in [-0.39, 0.29) is 5.78 Å². The van der Waals surface area contributed by atoms with Crippen LogP contribution in [0.2, 0.25) is 0 Å². The second kappa shape index (κ2) is 7.70. The van der Waals surface area contributed by atoms with Gasteiger partial charge in [-0.3, -0.25) is 4.79 Å². The lowest BCUT2D eigenvalue weighted by Crippen LogP contribution is -2.35. The van der Waals surface area contributed by atoms with Gasteiger partial charge in [-0.2, -0.15) is 0 Å². The number of hydrogen-bond acceptors (Lipinski definition) is 5. The first-order valence-corrected chi connectivity index (χ1v) is 9.09. The number of ketones is 1. The summed E-state index contributed by atoms with van der Waals surface area (Å²) in [6.07, 6.45) is 6.66. The Kier molecular flexibility index (Phi) is 5.41. The molecule has 5 heteroatoms. The minimum absolute atomic E-state index is 0.0580. The van der Waals surface area contributed by atoms with E-state index in [0.29, 0.717) is 10.9 Å². The molecular weight excluding hydrogens is 306 g/mol. The van der Waals surface area contributed by atoms with E-state index < -0.39 is 0 Å². The Morgan fingerprint density at radius 1 is 1.39 bits per heavy atom. The van der Waals surface area contributed by atoms with Crippen LogP contribution in [0, 0.1) is 6.92 Å². The van der Waals surface area contributed by atoms with Crippen LogP contribution in [0.25, 0.3) is 0 Å². The second-order valence-electron chi connectivity index (χ2n) is 6.04. The first kappa shape index (κ1) is 16.1. The van der Waals surface area contributed by atoms with Crippen molar-refractivity contribution in [1.82, 2.24) is 10.3 Å². The normalized spacial score (nSPS) is 17.9. The van der Waals surface area contributed by atoms with Gasteiger partial charge in [0.15, 0.2) is 5.13 Å². The lowest BCUT2D eigenvalue weighted by atomic mass is 10.0. The number of aryl methyl sites for hydroxylation is 1. The molecule has 0 radical (unpaired) electrons. The number of benzene rings is 1. The molecule has 1 aromatic carbocycles. The van der Waals surface area contributed by atoms with Crippen molar-refractivity contribution < 1.29 is 4.79 Å². The molecule has 1 aliphatic rings. The summed E-state index contributed by atoms with van der Waals surface area (Å²) in [5.41, 5.74) is 1.76. The van der Waals surface area contributed by atoms with Crippen molar-refractivity contribution in [1.29, 1.82) is 0 Å². The number of carbonyl (C=O) groups is 1. The lowest BCUT2D eigenvalue weighted by Gasteiger charge is -2.23. The third kappa shape index (κ3) is 4.18. The van der Waals surface area contributed by atoms with Gasteiger partial charge in [-0.1, -0.05) is 42.0 Å².